The van der Waals surface area contributed by atoms with Crippen LogP contribution in [0.4, 0.5) is 0 Å². The van der Waals surface area contributed by atoms with E-state index in [0.717, 1.165) is 10.0 Å². The molecular weight excluding hydrogens is 358 g/mol. The maximum Gasteiger partial charge on any atom is 0.327 e. The molecule has 0 aromatic heterocycles. The van der Waals surface area contributed by atoms with Gasteiger partial charge in [0.15, 0.2) is 0 Å². The minimum atomic E-state index is -0.971. The molecule has 1 fully saturated rings. The molecule has 0 spiro atoms. The van der Waals surface area contributed by atoms with Crippen LogP contribution in [0.15, 0.2) is 28.7 Å². The maximum atomic E-state index is 12.1. The number of carboxylic acid groups (broad SMARTS) is 1. The third-order valence-corrected chi connectivity index (χ3v) is 4.55. The summed E-state index contributed by atoms with van der Waals surface area (Å²) in [6.45, 7) is 0. The molecule has 21 heavy (non-hydrogen) atoms. The Morgan fingerprint density at radius 2 is 2.29 bits per heavy atom. The van der Waals surface area contributed by atoms with Gasteiger partial charge in [0.05, 0.1) is 13.0 Å². The summed E-state index contributed by atoms with van der Waals surface area (Å²) in [6, 6.07) is 4.71. The van der Waals surface area contributed by atoms with Crippen LogP contribution in [0.3, 0.4) is 0 Å². The molecule has 5 nitrogen and oxygen atoms in total. The third kappa shape index (κ3) is 3.79. The molecule has 2 rings (SSSR count). The number of halogens is 1. The summed E-state index contributed by atoms with van der Waals surface area (Å²) >= 11 is 4.80. The van der Waals surface area contributed by atoms with Crippen LogP contribution in [0.1, 0.15) is 5.56 Å². The molecule has 7 heteroatoms. The van der Waals surface area contributed by atoms with E-state index < -0.39 is 12.0 Å². The van der Waals surface area contributed by atoms with Gasteiger partial charge in [0.1, 0.15) is 11.8 Å². The molecule has 112 valence electrons. The lowest BCUT2D eigenvalue weighted by molar-refractivity contribution is -0.146. The highest BCUT2D eigenvalue weighted by Crippen LogP contribution is 2.25. The summed E-state index contributed by atoms with van der Waals surface area (Å²) in [5.74, 6) is 0.189. The Bertz CT molecular complexity index is 590. The second kappa shape index (κ2) is 7.00. The van der Waals surface area contributed by atoms with E-state index in [-0.39, 0.29) is 5.91 Å². The van der Waals surface area contributed by atoms with Crippen molar-refractivity contribution in [1.82, 2.24) is 4.90 Å². The van der Waals surface area contributed by atoms with Gasteiger partial charge in [-0.25, -0.2) is 4.79 Å². The lowest BCUT2D eigenvalue weighted by Crippen LogP contribution is -2.40. The number of hydrogen-bond acceptors (Lipinski definition) is 4. The van der Waals surface area contributed by atoms with E-state index in [2.05, 4.69) is 15.9 Å². The van der Waals surface area contributed by atoms with Gasteiger partial charge in [0.25, 0.3) is 0 Å². The van der Waals surface area contributed by atoms with Crippen LogP contribution in [0.25, 0.3) is 6.08 Å². The number of hydrogen-bond donors (Lipinski definition) is 1. The molecule has 0 radical (unpaired) electrons. The van der Waals surface area contributed by atoms with Crippen molar-refractivity contribution in [1.29, 1.82) is 0 Å². The van der Waals surface area contributed by atoms with E-state index in [9.17, 15) is 9.59 Å². The molecule has 1 N–H and O–H groups in total. The number of benzene rings is 1. The topological polar surface area (TPSA) is 66.8 Å². The second-order valence-corrected chi connectivity index (χ2v) is 6.30. The molecule has 1 aliphatic heterocycles. The van der Waals surface area contributed by atoms with Gasteiger partial charge >= 0.3 is 5.97 Å². The predicted molar refractivity (Wildman–Crippen MR) is 85.3 cm³/mol. The van der Waals surface area contributed by atoms with Gasteiger partial charge in [-0.3, -0.25) is 4.79 Å². The predicted octanol–water partition coefficient (Wildman–Crippen LogP) is 2.46. The molecule has 1 aliphatic rings. The van der Waals surface area contributed by atoms with E-state index in [1.807, 2.05) is 12.1 Å². The largest absolute Gasteiger partial charge is 0.496 e. The van der Waals surface area contributed by atoms with E-state index in [1.165, 1.54) is 22.7 Å². The molecular formula is C14H14BrNO4S. The van der Waals surface area contributed by atoms with Crippen LogP contribution in [0.2, 0.25) is 0 Å². The van der Waals surface area contributed by atoms with Crippen molar-refractivity contribution in [2.24, 2.45) is 0 Å². The third-order valence-electron chi connectivity index (χ3n) is 3.05. The average Bonchev–Trinajstić information content (AvgIpc) is 2.94. The Kier molecular flexibility index (Phi) is 5.30. The molecule has 0 saturated carbocycles. The smallest absolute Gasteiger partial charge is 0.327 e. The lowest BCUT2D eigenvalue weighted by Gasteiger charge is -2.18. The Hall–Kier alpha value is -1.47. The van der Waals surface area contributed by atoms with Crippen molar-refractivity contribution in [3.05, 3.63) is 34.3 Å². The standard InChI is InChI=1S/C14H14BrNO4S/c1-20-12-4-3-10(15)6-9(12)2-5-13(17)16-8-21-7-11(16)14(18)19/h2-6,11H,7-8H2,1H3,(H,18,19)/b5-2+/t11-/m0/s1. The van der Waals surface area contributed by atoms with Gasteiger partial charge in [0.2, 0.25) is 5.91 Å². The first-order chi connectivity index (χ1) is 10.0. The summed E-state index contributed by atoms with van der Waals surface area (Å²) in [4.78, 5) is 24.6. The summed E-state index contributed by atoms with van der Waals surface area (Å²) in [5.41, 5.74) is 0.749. The minimum Gasteiger partial charge on any atom is -0.496 e. The lowest BCUT2D eigenvalue weighted by atomic mass is 10.2. The minimum absolute atomic E-state index is 0.311. The molecule has 1 saturated heterocycles. The number of thioether (sulfide) groups is 1. The Morgan fingerprint density at radius 3 is 2.95 bits per heavy atom. The molecule has 1 heterocycles. The van der Waals surface area contributed by atoms with Crippen molar-refractivity contribution in [2.75, 3.05) is 18.7 Å². The zero-order valence-corrected chi connectivity index (χ0v) is 13.7. The van der Waals surface area contributed by atoms with Crippen molar-refractivity contribution in [3.63, 3.8) is 0 Å². The van der Waals surface area contributed by atoms with Crippen LogP contribution in [0.5, 0.6) is 5.75 Å². The number of carboxylic acids is 1. The number of ether oxygens (including phenoxy) is 1. The fourth-order valence-corrected chi connectivity index (χ4v) is 3.49. The summed E-state index contributed by atoms with van der Waals surface area (Å²) in [6.07, 6.45) is 3.01. The number of carbonyl (C=O) groups is 2. The molecule has 1 aromatic carbocycles. The number of methoxy groups -OCH3 is 1. The zero-order valence-electron chi connectivity index (χ0n) is 11.3. The van der Waals surface area contributed by atoms with Gasteiger partial charge in [-0.15, -0.1) is 11.8 Å². The number of carbonyl (C=O) groups excluding carboxylic acids is 1. The van der Waals surface area contributed by atoms with Crippen LogP contribution >= 0.6 is 27.7 Å². The average molecular weight is 372 g/mol. The Morgan fingerprint density at radius 1 is 1.52 bits per heavy atom. The van der Waals surface area contributed by atoms with Gasteiger partial charge in [0, 0.05) is 21.9 Å². The van der Waals surface area contributed by atoms with Crippen LogP contribution in [-0.2, 0) is 9.59 Å². The van der Waals surface area contributed by atoms with E-state index in [1.54, 1.807) is 19.3 Å². The highest BCUT2D eigenvalue weighted by molar-refractivity contribution is 9.10. The SMILES string of the molecule is COc1ccc(Br)cc1/C=C/C(=O)N1CSC[C@H]1C(=O)O. The highest BCUT2D eigenvalue weighted by Gasteiger charge is 2.33. The quantitative estimate of drug-likeness (QED) is 0.823. The van der Waals surface area contributed by atoms with Gasteiger partial charge in [-0.05, 0) is 24.3 Å². The second-order valence-electron chi connectivity index (χ2n) is 4.38. The van der Waals surface area contributed by atoms with E-state index in [0.29, 0.717) is 17.4 Å². The molecule has 1 atom stereocenters. The Balaban J connectivity index is 2.15. The maximum absolute atomic E-state index is 12.1. The van der Waals surface area contributed by atoms with Crippen LogP contribution in [0, 0.1) is 0 Å². The van der Waals surface area contributed by atoms with Gasteiger partial charge < -0.3 is 14.7 Å². The van der Waals surface area contributed by atoms with Gasteiger partial charge in [-0.2, -0.15) is 0 Å². The number of amides is 1. The number of aliphatic carboxylic acids is 1. The molecule has 0 aliphatic carbocycles. The monoisotopic (exact) mass is 371 g/mol. The van der Waals surface area contributed by atoms with Crippen molar-refractivity contribution >= 4 is 45.6 Å². The van der Waals surface area contributed by atoms with E-state index >= 15 is 0 Å². The number of nitrogens with zero attached hydrogens (tertiary/aromatic N) is 1. The van der Waals surface area contributed by atoms with E-state index in [4.69, 9.17) is 9.84 Å². The van der Waals surface area contributed by atoms with Crippen molar-refractivity contribution in [3.8, 4) is 5.75 Å². The zero-order chi connectivity index (χ0) is 15.4. The van der Waals surface area contributed by atoms with Crippen LogP contribution in [-0.4, -0.2) is 46.7 Å². The molecule has 1 aromatic rings. The molecule has 1 amide bonds. The van der Waals surface area contributed by atoms with Crippen molar-refractivity contribution in [2.45, 2.75) is 6.04 Å². The molecule has 0 bridgehead atoms. The summed E-state index contributed by atoms with van der Waals surface area (Å²) in [5, 5.41) is 9.08. The van der Waals surface area contributed by atoms with Gasteiger partial charge in [-0.1, -0.05) is 15.9 Å². The normalized spacial score (nSPS) is 18.2. The first-order valence-electron chi connectivity index (χ1n) is 6.15. The fourth-order valence-electron chi connectivity index (χ4n) is 1.96. The number of rotatable bonds is 4. The summed E-state index contributed by atoms with van der Waals surface area (Å²) in [7, 11) is 1.56. The first kappa shape index (κ1) is 15.9. The summed E-state index contributed by atoms with van der Waals surface area (Å²) < 4.78 is 6.09. The van der Waals surface area contributed by atoms with Crippen LogP contribution < -0.4 is 4.74 Å². The van der Waals surface area contributed by atoms with Crippen molar-refractivity contribution < 1.29 is 19.4 Å². The molecule has 0 unspecified atom stereocenters. The highest BCUT2D eigenvalue weighted by atomic mass is 79.9. The first-order valence-corrected chi connectivity index (χ1v) is 8.10. The fraction of sp³-hybridized carbons (Fsp3) is 0.286. The Labute approximate surface area is 135 Å².